The van der Waals surface area contributed by atoms with Crippen molar-refractivity contribution >= 4 is 16.0 Å². The molecule has 8 heteroatoms. The van der Waals surface area contributed by atoms with Crippen LogP contribution in [0.2, 0.25) is 0 Å². The Labute approximate surface area is 160 Å². The molecule has 26 heavy (non-hydrogen) atoms. The highest BCUT2D eigenvalue weighted by Crippen LogP contribution is 2.15. The van der Waals surface area contributed by atoms with Gasteiger partial charge in [-0.15, -0.1) is 0 Å². The molecule has 0 radical (unpaired) electrons. The molecule has 0 saturated carbocycles. The fraction of sp³-hybridized carbons (Fsp3) is 0.944. The Kier molecular flexibility index (Phi) is 11.2. The summed E-state index contributed by atoms with van der Waals surface area (Å²) in [6.07, 6.45) is 5.83. The van der Waals surface area contributed by atoms with Crippen LogP contribution in [0.1, 0.15) is 52.9 Å². The first-order valence-electron chi connectivity index (χ1n) is 10.1. The lowest BCUT2D eigenvalue weighted by Gasteiger charge is -2.33. The summed E-state index contributed by atoms with van der Waals surface area (Å²) in [6, 6.07) is 0.710. The molecule has 154 valence electrons. The molecule has 0 aliphatic carbocycles. The lowest BCUT2D eigenvalue weighted by molar-refractivity contribution is 0.159. The minimum atomic E-state index is -3.09. The van der Waals surface area contributed by atoms with Crippen LogP contribution in [-0.4, -0.2) is 81.7 Å². The number of guanidine groups is 1. The number of sulfonamides is 1. The molecule has 1 saturated heterocycles. The van der Waals surface area contributed by atoms with Crippen LogP contribution in [0.4, 0.5) is 0 Å². The Morgan fingerprint density at radius 3 is 2.65 bits per heavy atom. The molecule has 1 aliphatic heterocycles. The van der Waals surface area contributed by atoms with Crippen LogP contribution in [-0.2, 0) is 10.0 Å². The number of hydrogen-bond acceptors (Lipinski definition) is 4. The molecule has 1 fully saturated rings. The lowest BCUT2D eigenvalue weighted by Crippen LogP contribution is -2.41. The van der Waals surface area contributed by atoms with E-state index in [0.717, 1.165) is 38.4 Å². The third-order valence-corrected chi connectivity index (χ3v) is 6.80. The van der Waals surface area contributed by atoms with E-state index in [-0.39, 0.29) is 5.75 Å². The van der Waals surface area contributed by atoms with Gasteiger partial charge in [0.2, 0.25) is 10.0 Å². The quantitative estimate of drug-likeness (QED) is 0.318. The van der Waals surface area contributed by atoms with Crippen LogP contribution in [0.5, 0.6) is 0 Å². The van der Waals surface area contributed by atoms with Crippen molar-refractivity contribution in [2.75, 3.05) is 52.1 Å². The van der Waals surface area contributed by atoms with Crippen LogP contribution in [0.25, 0.3) is 0 Å². The molecule has 1 aliphatic rings. The van der Waals surface area contributed by atoms with Gasteiger partial charge in [0.1, 0.15) is 0 Å². The molecule has 0 aromatic carbocycles. The summed E-state index contributed by atoms with van der Waals surface area (Å²) >= 11 is 0. The van der Waals surface area contributed by atoms with Crippen molar-refractivity contribution in [1.82, 2.24) is 19.8 Å². The molecule has 0 amide bonds. The highest BCUT2D eigenvalue weighted by atomic mass is 32.2. The van der Waals surface area contributed by atoms with Gasteiger partial charge in [-0.2, -0.15) is 0 Å². The van der Waals surface area contributed by atoms with Gasteiger partial charge in [-0.3, -0.25) is 4.99 Å². The summed E-state index contributed by atoms with van der Waals surface area (Å²) in [4.78, 5) is 7.13. The lowest BCUT2D eigenvalue weighted by atomic mass is 10.0. The summed E-state index contributed by atoms with van der Waals surface area (Å²) < 4.78 is 24.9. The zero-order valence-corrected chi connectivity index (χ0v) is 17.9. The summed E-state index contributed by atoms with van der Waals surface area (Å²) in [7, 11) is -1.46. The fourth-order valence-corrected chi connectivity index (χ4v) is 4.01. The van der Waals surface area contributed by atoms with E-state index >= 15 is 0 Å². The SMILES string of the molecule is CCNC(=NCCCN(C)S(=O)(=O)CC)NCCCN1CCCCC1C. The van der Waals surface area contributed by atoms with Crippen molar-refractivity contribution < 1.29 is 8.42 Å². The number of piperidine rings is 1. The molecule has 1 atom stereocenters. The molecular formula is C18H39N5O2S. The van der Waals surface area contributed by atoms with Gasteiger partial charge in [-0.25, -0.2) is 12.7 Å². The van der Waals surface area contributed by atoms with Crippen LogP contribution in [0.3, 0.4) is 0 Å². The van der Waals surface area contributed by atoms with E-state index in [1.165, 1.54) is 30.1 Å². The second kappa shape index (κ2) is 12.5. The first-order chi connectivity index (χ1) is 12.4. The normalized spacial score (nSPS) is 19.7. The highest BCUT2D eigenvalue weighted by molar-refractivity contribution is 7.89. The molecule has 0 bridgehead atoms. The van der Waals surface area contributed by atoms with Crippen LogP contribution >= 0.6 is 0 Å². The van der Waals surface area contributed by atoms with Crippen molar-refractivity contribution in [2.45, 2.75) is 58.9 Å². The monoisotopic (exact) mass is 389 g/mol. The summed E-state index contributed by atoms with van der Waals surface area (Å²) in [5, 5.41) is 6.64. The van der Waals surface area contributed by atoms with E-state index in [1.807, 2.05) is 6.92 Å². The summed E-state index contributed by atoms with van der Waals surface area (Å²) in [6.45, 7) is 11.2. The van der Waals surface area contributed by atoms with Crippen molar-refractivity contribution in [2.24, 2.45) is 4.99 Å². The van der Waals surface area contributed by atoms with Crippen molar-refractivity contribution in [3.63, 3.8) is 0 Å². The predicted molar refractivity (Wildman–Crippen MR) is 110 cm³/mol. The first kappa shape index (κ1) is 23.2. The van der Waals surface area contributed by atoms with Crippen molar-refractivity contribution in [1.29, 1.82) is 0 Å². The molecule has 0 aromatic rings. The van der Waals surface area contributed by atoms with E-state index in [1.54, 1.807) is 14.0 Å². The fourth-order valence-electron chi connectivity index (χ4n) is 3.16. The molecule has 2 N–H and O–H groups in total. The maximum Gasteiger partial charge on any atom is 0.213 e. The predicted octanol–water partition coefficient (Wildman–Crippen LogP) is 1.48. The van der Waals surface area contributed by atoms with Gasteiger partial charge in [0.15, 0.2) is 5.96 Å². The highest BCUT2D eigenvalue weighted by Gasteiger charge is 2.17. The average Bonchev–Trinajstić information content (AvgIpc) is 2.63. The second-order valence-electron chi connectivity index (χ2n) is 7.00. The van der Waals surface area contributed by atoms with Gasteiger partial charge < -0.3 is 15.5 Å². The largest absolute Gasteiger partial charge is 0.357 e. The number of nitrogens with zero attached hydrogens (tertiary/aromatic N) is 3. The third-order valence-electron chi connectivity index (χ3n) is 4.94. The van der Waals surface area contributed by atoms with Crippen LogP contribution < -0.4 is 10.6 Å². The molecular weight excluding hydrogens is 350 g/mol. The summed E-state index contributed by atoms with van der Waals surface area (Å²) in [5.74, 6) is 0.965. The second-order valence-corrected chi connectivity index (χ2v) is 9.36. The Morgan fingerprint density at radius 2 is 2.00 bits per heavy atom. The number of likely N-dealkylation sites (tertiary alicyclic amines) is 1. The zero-order valence-electron chi connectivity index (χ0n) is 17.1. The van der Waals surface area contributed by atoms with E-state index in [9.17, 15) is 8.42 Å². The number of aliphatic imine (C=N–C) groups is 1. The maximum atomic E-state index is 11.7. The minimum Gasteiger partial charge on any atom is -0.357 e. The van der Waals surface area contributed by atoms with Crippen LogP contribution in [0.15, 0.2) is 4.99 Å². The standard InChI is InChI=1S/C18H39N5O2S/c1-5-19-18(20-12-9-14-22(4)26(24,25)6-2)21-13-10-16-23-15-8-7-11-17(23)3/h17H,5-16H2,1-4H3,(H2,19,20,21). The number of nitrogens with one attached hydrogen (secondary N) is 2. The van der Waals surface area contributed by atoms with E-state index < -0.39 is 10.0 Å². The Hall–Kier alpha value is -0.860. The molecule has 1 rings (SSSR count). The van der Waals surface area contributed by atoms with E-state index in [2.05, 4.69) is 27.4 Å². The summed E-state index contributed by atoms with van der Waals surface area (Å²) in [5.41, 5.74) is 0. The van der Waals surface area contributed by atoms with Gasteiger partial charge in [0.25, 0.3) is 0 Å². The molecule has 0 spiro atoms. The molecule has 1 unspecified atom stereocenters. The molecule has 7 nitrogen and oxygen atoms in total. The minimum absolute atomic E-state index is 0.145. The Balaban J connectivity index is 2.28. The van der Waals surface area contributed by atoms with E-state index in [4.69, 9.17) is 0 Å². The molecule has 1 heterocycles. The molecule has 0 aromatic heterocycles. The van der Waals surface area contributed by atoms with Crippen LogP contribution in [0, 0.1) is 0 Å². The topological polar surface area (TPSA) is 77.0 Å². The van der Waals surface area contributed by atoms with Gasteiger partial charge >= 0.3 is 0 Å². The van der Waals surface area contributed by atoms with E-state index in [0.29, 0.717) is 19.1 Å². The Bertz CT molecular complexity index is 510. The van der Waals surface area contributed by atoms with Crippen molar-refractivity contribution in [3.05, 3.63) is 0 Å². The maximum absolute atomic E-state index is 11.7. The number of hydrogen-bond donors (Lipinski definition) is 2. The van der Waals surface area contributed by atoms with Gasteiger partial charge in [0, 0.05) is 45.8 Å². The van der Waals surface area contributed by atoms with Crippen molar-refractivity contribution in [3.8, 4) is 0 Å². The first-order valence-corrected chi connectivity index (χ1v) is 11.7. The van der Waals surface area contributed by atoms with Gasteiger partial charge in [-0.1, -0.05) is 6.42 Å². The van der Waals surface area contributed by atoms with Gasteiger partial charge in [-0.05, 0) is 53.0 Å². The third kappa shape index (κ3) is 8.68. The Morgan fingerprint density at radius 1 is 1.23 bits per heavy atom. The smallest absolute Gasteiger partial charge is 0.213 e. The zero-order chi connectivity index (χ0) is 19.4. The van der Waals surface area contributed by atoms with Gasteiger partial charge in [0.05, 0.1) is 5.75 Å². The average molecular weight is 390 g/mol. The number of rotatable bonds is 11.